The molecule has 3 aromatic rings. The predicted molar refractivity (Wildman–Crippen MR) is 122 cm³/mol. The molecule has 0 spiro atoms. The number of benzene rings is 1. The van der Waals surface area contributed by atoms with E-state index in [-0.39, 0.29) is 43.0 Å². The zero-order valence-electron chi connectivity index (χ0n) is 19.1. The molecule has 0 unspecified atom stereocenters. The van der Waals surface area contributed by atoms with Gasteiger partial charge >= 0.3 is 6.18 Å². The highest BCUT2D eigenvalue weighted by molar-refractivity contribution is 5.91. The second-order valence-electron chi connectivity index (χ2n) is 8.61. The third-order valence-corrected chi connectivity index (χ3v) is 6.15. The van der Waals surface area contributed by atoms with Crippen molar-refractivity contribution >= 4 is 23.3 Å². The van der Waals surface area contributed by atoms with Crippen molar-refractivity contribution in [2.75, 3.05) is 23.9 Å². The van der Waals surface area contributed by atoms with Crippen molar-refractivity contribution in [1.29, 1.82) is 0 Å². The summed E-state index contributed by atoms with van der Waals surface area (Å²) in [5, 5.41) is 8.75. The molecule has 0 radical (unpaired) electrons. The number of ether oxygens (including phenoxy) is 1. The molecule has 1 saturated carbocycles. The topological polar surface area (TPSA) is 89.3 Å². The van der Waals surface area contributed by atoms with Gasteiger partial charge in [-0.25, -0.2) is 13.8 Å². The molecule has 0 bridgehead atoms. The maximum atomic E-state index is 14.9. The summed E-state index contributed by atoms with van der Waals surface area (Å²) in [5.74, 6) is -1.09. The van der Waals surface area contributed by atoms with E-state index in [1.165, 1.54) is 24.5 Å². The molecule has 0 saturated heterocycles. The van der Waals surface area contributed by atoms with Crippen LogP contribution in [0.15, 0.2) is 53.0 Å². The molecule has 1 fully saturated rings. The summed E-state index contributed by atoms with van der Waals surface area (Å²) in [5.41, 5.74) is 2.40. The summed E-state index contributed by atoms with van der Waals surface area (Å²) in [7, 11) is 0. The van der Waals surface area contributed by atoms with E-state index in [1.54, 1.807) is 12.1 Å². The average molecular weight is 518 g/mol. The fourth-order valence-electron chi connectivity index (χ4n) is 4.00. The van der Waals surface area contributed by atoms with Crippen molar-refractivity contribution in [3.8, 4) is 11.1 Å². The number of alkyl halides is 4. The molecule has 1 amide bonds. The largest absolute Gasteiger partial charge is 0.483 e. The third kappa shape index (κ3) is 4.79. The van der Waals surface area contributed by atoms with Gasteiger partial charge in [-0.05, 0) is 36.1 Å². The van der Waals surface area contributed by atoms with Crippen molar-refractivity contribution in [1.82, 2.24) is 10.1 Å². The van der Waals surface area contributed by atoms with Crippen LogP contribution in [0.1, 0.15) is 29.7 Å². The van der Waals surface area contributed by atoms with Gasteiger partial charge in [-0.2, -0.15) is 13.2 Å². The van der Waals surface area contributed by atoms with Crippen LogP contribution >= 0.6 is 0 Å². The monoisotopic (exact) mass is 518 g/mol. The number of anilines is 2. The normalized spacial score (nSPS) is 15.4. The number of carbonyl (C=O) groups excluding carboxylic acids is 1. The number of hydrogen-bond acceptors (Lipinski definition) is 6. The standard InChI is InChI=1S/C25H19F5N4O3/c26-6-8-36-19-3-7-31-23-17(19)9-16(13-32-23)14-1-2-15(18(27)10-14)11-22(35)33-21-12-20(37-34-21)24(4-5-24)25(28,29)30/h1-2,7,9-10,12-13H,4-6,8,11H2,(H,31,32)(H,33,34,35). The number of hydrogen-bond donors (Lipinski definition) is 2. The Bertz CT molecular complexity index is 1420. The first-order valence-electron chi connectivity index (χ1n) is 11.2. The number of rotatable bonds is 8. The number of nitrogens with zero attached hydrogens (tertiary/aromatic N) is 2. The summed E-state index contributed by atoms with van der Waals surface area (Å²) >= 11 is 0. The van der Waals surface area contributed by atoms with Gasteiger partial charge in [-0.1, -0.05) is 23.0 Å². The molecule has 7 nitrogen and oxygen atoms in total. The minimum Gasteiger partial charge on any atom is -0.483 e. The zero-order chi connectivity index (χ0) is 26.2. The van der Waals surface area contributed by atoms with Crippen LogP contribution in [0.3, 0.4) is 0 Å². The lowest BCUT2D eigenvalue weighted by molar-refractivity contribution is -0.165. The first kappa shape index (κ1) is 24.5. The van der Waals surface area contributed by atoms with Crippen LogP contribution < -0.4 is 10.6 Å². The SMILES string of the molecule is O=C(Cc1ccc(-c2cnc3c(c2)C(OCCF)=C=CN3)cc1F)Nc1cc(C2(C(F)(F)F)CC2)on1. The van der Waals surface area contributed by atoms with Crippen molar-refractivity contribution in [2.24, 2.45) is 0 Å². The van der Waals surface area contributed by atoms with E-state index in [0.717, 1.165) is 6.07 Å². The highest BCUT2D eigenvalue weighted by atomic mass is 19.4. The Hall–Kier alpha value is -4.18. The Kier molecular flexibility index (Phi) is 6.20. The molecular weight excluding hydrogens is 499 g/mol. The lowest BCUT2D eigenvalue weighted by Gasteiger charge is -2.15. The fraction of sp³-hybridized carbons (Fsp3) is 0.280. The lowest BCUT2D eigenvalue weighted by atomic mass is 10.0. The lowest BCUT2D eigenvalue weighted by Crippen LogP contribution is -2.28. The van der Waals surface area contributed by atoms with Gasteiger partial charge in [0.1, 0.15) is 30.3 Å². The molecule has 37 heavy (non-hydrogen) atoms. The molecule has 1 aliphatic carbocycles. The molecule has 2 aliphatic rings. The highest BCUT2D eigenvalue weighted by Gasteiger charge is 2.66. The van der Waals surface area contributed by atoms with Crippen LogP contribution in [0.2, 0.25) is 0 Å². The van der Waals surface area contributed by atoms with Gasteiger partial charge in [0, 0.05) is 24.0 Å². The first-order valence-corrected chi connectivity index (χ1v) is 11.2. The average Bonchev–Trinajstić information content (AvgIpc) is 3.57. The summed E-state index contributed by atoms with van der Waals surface area (Å²) in [6.07, 6.45) is -2.05. The summed E-state index contributed by atoms with van der Waals surface area (Å²) < 4.78 is 77.3. The van der Waals surface area contributed by atoms with Crippen LogP contribution in [-0.4, -0.2) is 35.5 Å². The van der Waals surface area contributed by atoms with Crippen LogP contribution in [0.5, 0.6) is 0 Å². The van der Waals surface area contributed by atoms with Crippen molar-refractivity contribution in [2.45, 2.75) is 30.9 Å². The van der Waals surface area contributed by atoms with Gasteiger partial charge < -0.3 is 19.9 Å². The van der Waals surface area contributed by atoms with Crippen LogP contribution in [0, 0.1) is 5.82 Å². The summed E-state index contributed by atoms with van der Waals surface area (Å²) in [6, 6.07) is 7.00. The third-order valence-electron chi connectivity index (χ3n) is 6.15. The van der Waals surface area contributed by atoms with Gasteiger partial charge in [0.05, 0.1) is 12.0 Å². The van der Waals surface area contributed by atoms with Gasteiger partial charge in [-0.15, -0.1) is 0 Å². The minimum absolute atomic E-state index is 0.0707. The minimum atomic E-state index is -4.47. The van der Waals surface area contributed by atoms with E-state index in [0.29, 0.717) is 28.3 Å². The second-order valence-corrected chi connectivity index (χ2v) is 8.61. The maximum absolute atomic E-state index is 14.9. The smallest absolute Gasteiger partial charge is 0.401 e. The molecule has 5 rings (SSSR count). The predicted octanol–water partition coefficient (Wildman–Crippen LogP) is 5.52. The van der Waals surface area contributed by atoms with Crippen LogP contribution in [0.25, 0.3) is 16.9 Å². The van der Waals surface area contributed by atoms with Gasteiger partial charge in [0.2, 0.25) is 5.91 Å². The zero-order valence-corrected chi connectivity index (χ0v) is 19.1. The van der Waals surface area contributed by atoms with Crippen molar-refractivity contribution in [3.63, 3.8) is 0 Å². The number of carbonyl (C=O) groups is 1. The van der Waals surface area contributed by atoms with E-state index >= 15 is 0 Å². The first-order chi connectivity index (χ1) is 17.7. The molecule has 1 aliphatic heterocycles. The Balaban J connectivity index is 1.28. The number of fused-ring (bicyclic) bond motifs is 1. The van der Waals surface area contributed by atoms with Crippen LogP contribution in [-0.2, 0) is 21.4 Å². The maximum Gasteiger partial charge on any atom is 0.401 e. The Labute approximate surface area is 207 Å². The number of aromatic nitrogens is 2. The van der Waals surface area contributed by atoms with Crippen LogP contribution in [0.4, 0.5) is 33.6 Å². The second kappa shape index (κ2) is 9.36. The number of halogens is 5. The van der Waals surface area contributed by atoms with Crippen molar-refractivity contribution < 1.29 is 36.0 Å². The van der Waals surface area contributed by atoms with E-state index in [9.17, 15) is 26.7 Å². The number of amides is 1. The molecule has 2 N–H and O–H groups in total. The fourth-order valence-corrected chi connectivity index (χ4v) is 4.00. The van der Waals surface area contributed by atoms with Gasteiger partial charge in [0.15, 0.2) is 17.3 Å². The number of nitrogens with one attached hydrogen (secondary N) is 2. The van der Waals surface area contributed by atoms with Gasteiger partial charge in [-0.3, -0.25) is 4.79 Å². The van der Waals surface area contributed by atoms with Gasteiger partial charge in [0.25, 0.3) is 0 Å². The van der Waals surface area contributed by atoms with Crippen molar-refractivity contribution in [3.05, 3.63) is 71.2 Å². The quantitative estimate of drug-likeness (QED) is 0.302. The van der Waals surface area contributed by atoms with E-state index in [1.807, 2.05) is 0 Å². The molecule has 0 atom stereocenters. The molecule has 2 aromatic heterocycles. The summed E-state index contributed by atoms with van der Waals surface area (Å²) in [6.45, 7) is -0.822. The van der Waals surface area contributed by atoms with E-state index in [4.69, 9.17) is 9.26 Å². The molecule has 192 valence electrons. The molecule has 3 heterocycles. The number of pyridine rings is 1. The Morgan fingerprint density at radius 2 is 2.03 bits per heavy atom. The Morgan fingerprint density at radius 3 is 2.73 bits per heavy atom. The summed E-state index contributed by atoms with van der Waals surface area (Å²) in [4.78, 5) is 16.7. The molecule has 1 aromatic carbocycles. The molecule has 12 heteroatoms. The van der Waals surface area contributed by atoms with E-state index < -0.39 is 30.0 Å². The van der Waals surface area contributed by atoms with E-state index in [2.05, 4.69) is 26.5 Å². The molecular formula is C25H19F5N4O3. The Morgan fingerprint density at radius 1 is 1.22 bits per heavy atom. The highest BCUT2D eigenvalue weighted by Crippen LogP contribution is 2.59.